The van der Waals surface area contributed by atoms with Gasteiger partial charge in [-0.25, -0.2) is 13.6 Å². The molecule has 0 radical (unpaired) electrons. The average molecular weight is 331 g/mol. The lowest BCUT2D eigenvalue weighted by Gasteiger charge is -2.25. The fourth-order valence-electron chi connectivity index (χ4n) is 2.71. The van der Waals surface area contributed by atoms with Crippen molar-refractivity contribution >= 4 is 27.5 Å². The third-order valence-corrected chi connectivity index (χ3v) is 5.42. The normalized spacial score (nSPS) is 17.7. The maximum absolute atomic E-state index is 12.3. The van der Waals surface area contributed by atoms with Gasteiger partial charge in [0.2, 0.25) is 10.0 Å². The van der Waals surface area contributed by atoms with Crippen LogP contribution >= 0.6 is 11.6 Å². The first-order valence-electron chi connectivity index (χ1n) is 6.78. The Morgan fingerprint density at radius 3 is 2.43 bits per heavy atom. The highest BCUT2D eigenvalue weighted by molar-refractivity contribution is 7.89. The molecule has 0 heterocycles. The van der Waals surface area contributed by atoms with Crippen molar-refractivity contribution in [2.75, 3.05) is 0 Å². The molecule has 1 aliphatic rings. The summed E-state index contributed by atoms with van der Waals surface area (Å²) in [6.45, 7) is 3.55. The van der Waals surface area contributed by atoms with Gasteiger partial charge in [-0.1, -0.05) is 24.4 Å². The lowest BCUT2D eigenvalue weighted by atomic mass is 10.00. The Morgan fingerprint density at radius 2 is 1.90 bits per heavy atom. The fraction of sp³-hybridized carbons (Fsp3) is 0.500. The Bertz CT molecular complexity index is 680. The Hall–Kier alpha value is -1.11. The quantitative estimate of drug-likeness (QED) is 0.891. The molecule has 5 nitrogen and oxygen atoms in total. The zero-order chi connectivity index (χ0) is 15.8. The number of nitrogens with two attached hydrogens (primary N) is 1. The van der Waals surface area contributed by atoms with Gasteiger partial charge in [-0.2, -0.15) is 0 Å². The van der Waals surface area contributed by atoms with Gasteiger partial charge >= 0.3 is 0 Å². The van der Waals surface area contributed by atoms with Crippen LogP contribution in [0.2, 0.25) is 5.02 Å². The van der Waals surface area contributed by atoms with Gasteiger partial charge in [-0.3, -0.25) is 4.79 Å². The molecule has 0 saturated heterocycles. The maximum Gasteiger partial charge on any atom is 0.251 e. The number of carbonyl (C=O) groups excluding carboxylic acids is 1. The molecule has 1 aliphatic carbocycles. The molecule has 116 valence electrons. The van der Waals surface area contributed by atoms with Crippen molar-refractivity contribution in [3.05, 3.63) is 28.3 Å². The van der Waals surface area contributed by atoms with E-state index in [1.807, 2.05) is 6.92 Å². The predicted molar refractivity (Wildman–Crippen MR) is 81.9 cm³/mol. The van der Waals surface area contributed by atoms with Gasteiger partial charge in [-0.15, -0.1) is 0 Å². The molecule has 1 amide bonds. The molecule has 1 aromatic rings. The van der Waals surface area contributed by atoms with Gasteiger partial charge in [-0.05, 0) is 44.4 Å². The van der Waals surface area contributed by atoms with Crippen molar-refractivity contribution in [3.8, 4) is 0 Å². The summed E-state index contributed by atoms with van der Waals surface area (Å²) in [6.07, 6.45) is 3.99. The van der Waals surface area contributed by atoms with E-state index in [1.54, 1.807) is 6.92 Å². The van der Waals surface area contributed by atoms with Crippen LogP contribution in [0, 0.1) is 6.92 Å². The molecule has 0 atom stereocenters. The number of halogens is 1. The van der Waals surface area contributed by atoms with E-state index in [0.717, 1.165) is 25.7 Å². The van der Waals surface area contributed by atoms with E-state index in [0.29, 0.717) is 5.56 Å². The van der Waals surface area contributed by atoms with Crippen molar-refractivity contribution in [2.24, 2.45) is 5.14 Å². The molecule has 0 aromatic heterocycles. The minimum Gasteiger partial charge on any atom is -0.347 e. The van der Waals surface area contributed by atoms with Crippen LogP contribution in [-0.2, 0) is 10.0 Å². The first-order valence-corrected chi connectivity index (χ1v) is 8.70. The summed E-state index contributed by atoms with van der Waals surface area (Å²) in [6, 6.07) is 2.75. The standard InChI is InChI=1S/C14H19ClN2O3S/c1-9-11(15)7-10(8-12(9)21(16,19)20)13(18)17-14(2)5-3-4-6-14/h7-8H,3-6H2,1-2H3,(H,17,18)(H2,16,19,20). The van der Waals surface area contributed by atoms with Gasteiger partial charge < -0.3 is 5.32 Å². The summed E-state index contributed by atoms with van der Waals surface area (Å²) < 4.78 is 23.2. The van der Waals surface area contributed by atoms with Gasteiger partial charge in [0.05, 0.1) is 4.90 Å². The summed E-state index contributed by atoms with van der Waals surface area (Å²) in [4.78, 5) is 12.2. The minimum absolute atomic E-state index is 0.114. The molecule has 21 heavy (non-hydrogen) atoms. The molecule has 0 bridgehead atoms. The topological polar surface area (TPSA) is 89.3 Å². The molecule has 1 aromatic carbocycles. The first-order chi connectivity index (χ1) is 9.62. The Labute approximate surface area is 129 Å². The SMILES string of the molecule is Cc1c(Cl)cc(C(=O)NC2(C)CCCC2)cc1S(N)(=O)=O. The minimum atomic E-state index is -3.92. The molecule has 0 spiro atoms. The zero-order valence-electron chi connectivity index (χ0n) is 12.1. The molecule has 1 fully saturated rings. The number of carbonyl (C=O) groups is 1. The summed E-state index contributed by atoms with van der Waals surface area (Å²) in [5.41, 5.74) is 0.321. The third-order valence-electron chi connectivity index (χ3n) is 3.99. The number of sulfonamides is 1. The maximum atomic E-state index is 12.3. The van der Waals surface area contributed by atoms with Crippen LogP contribution in [0.4, 0.5) is 0 Å². The van der Waals surface area contributed by atoms with Crippen LogP contribution < -0.4 is 10.5 Å². The smallest absolute Gasteiger partial charge is 0.251 e. The number of nitrogens with one attached hydrogen (secondary N) is 1. The number of rotatable bonds is 3. The molecule has 1 saturated carbocycles. The number of hydrogen-bond acceptors (Lipinski definition) is 3. The van der Waals surface area contributed by atoms with E-state index in [-0.39, 0.29) is 26.9 Å². The lowest BCUT2D eigenvalue weighted by molar-refractivity contribution is 0.0908. The van der Waals surface area contributed by atoms with Crippen LogP contribution in [0.25, 0.3) is 0 Å². The van der Waals surface area contributed by atoms with Crippen molar-refractivity contribution in [1.82, 2.24) is 5.32 Å². The highest BCUT2D eigenvalue weighted by atomic mass is 35.5. The molecule has 0 unspecified atom stereocenters. The summed E-state index contributed by atoms with van der Waals surface area (Å²) >= 11 is 6.02. The van der Waals surface area contributed by atoms with Crippen molar-refractivity contribution < 1.29 is 13.2 Å². The van der Waals surface area contributed by atoms with Gasteiger partial charge in [0.15, 0.2) is 0 Å². The molecular formula is C14H19ClN2O3S. The van der Waals surface area contributed by atoms with Gasteiger partial charge in [0.1, 0.15) is 0 Å². The number of primary sulfonamides is 1. The molecule has 0 aliphatic heterocycles. The number of benzene rings is 1. The van der Waals surface area contributed by atoms with E-state index in [9.17, 15) is 13.2 Å². The number of hydrogen-bond donors (Lipinski definition) is 2. The molecular weight excluding hydrogens is 312 g/mol. The van der Waals surface area contributed by atoms with Crippen molar-refractivity contribution in [2.45, 2.75) is 50.0 Å². The van der Waals surface area contributed by atoms with Crippen molar-refractivity contribution in [1.29, 1.82) is 0 Å². The molecule has 7 heteroatoms. The highest BCUT2D eigenvalue weighted by Crippen LogP contribution is 2.30. The van der Waals surface area contributed by atoms with Crippen LogP contribution in [-0.4, -0.2) is 19.9 Å². The van der Waals surface area contributed by atoms with E-state index < -0.39 is 10.0 Å². The first kappa shape index (κ1) is 16.3. The van der Waals surface area contributed by atoms with Gasteiger partial charge in [0.25, 0.3) is 5.91 Å². The Morgan fingerprint density at radius 1 is 1.33 bits per heavy atom. The average Bonchev–Trinajstić information content (AvgIpc) is 2.77. The largest absolute Gasteiger partial charge is 0.347 e. The van der Waals surface area contributed by atoms with E-state index in [2.05, 4.69) is 5.32 Å². The summed E-state index contributed by atoms with van der Waals surface area (Å²) in [5, 5.41) is 8.34. The van der Waals surface area contributed by atoms with Crippen LogP contribution in [0.5, 0.6) is 0 Å². The third kappa shape index (κ3) is 3.56. The fourth-order valence-corrected chi connectivity index (χ4v) is 3.81. The van der Waals surface area contributed by atoms with Crippen LogP contribution in [0.3, 0.4) is 0 Å². The molecule has 2 rings (SSSR count). The number of amides is 1. The van der Waals surface area contributed by atoms with E-state index >= 15 is 0 Å². The van der Waals surface area contributed by atoms with Crippen LogP contribution in [0.15, 0.2) is 17.0 Å². The summed E-state index contributed by atoms with van der Waals surface area (Å²) in [5.74, 6) is -0.328. The molecule has 3 N–H and O–H groups in total. The second-order valence-electron chi connectivity index (χ2n) is 5.85. The highest BCUT2D eigenvalue weighted by Gasteiger charge is 2.31. The zero-order valence-corrected chi connectivity index (χ0v) is 13.6. The summed E-state index contributed by atoms with van der Waals surface area (Å²) in [7, 11) is -3.92. The van der Waals surface area contributed by atoms with Crippen molar-refractivity contribution in [3.63, 3.8) is 0 Å². The Balaban J connectivity index is 2.36. The van der Waals surface area contributed by atoms with E-state index in [1.165, 1.54) is 12.1 Å². The van der Waals surface area contributed by atoms with Crippen LogP contribution in [0.1, 0.15) is 48.5 Å². The van der Waals surface area contributed by atoms with E-state index in [4.69, 9.17) is 16.7 Å². The lowest BCUT2D eigenvalue weighted by Crippen LogP contribution is -2.43. The monoisotopic (exact) mass is 330 g/mol. The predicted octanol–water partition coefficient (Wildman–Crippen LogP) is 2.36. The second-order valence-corrected chi connectivity index (χ2v) is 7.79. The van der Waals surface area contributed by atoms with Gasteiger partial charge in [0, 0.05) is 16.1 Å². The second kappa shape index (κ2) is 5.59. The Kier molecular flexibility index (Phi) is 4.33.